The van der Waals surface area contributed by atoms with Gasteiger partial charge in [0.15, 0.2) is 12.6 Å². The molecule has 2 rings (SSSR count). The molecule has 0 radical (unpaired) electrons. The van der Waals surface area contributed by atoms with Gasteiger partial charge in [-0.2, -0.15) is 0 Å². The number of rotatable bonds is 8. The summed E-state index contributed by atoms with van der Waals surface area (Å²) in [4.78, 5) is 0. The minimum atomic E-state index is 0.0314. The highest BCUT2D eigenvalue weighted by Crippen LogP contribution is 2.14. The fraction of sp³-hybridized carbons (Fsp3) is 0.875. The van der Waals surface area contributed by atoms with Gasteiger partial charge in [0.25, 0.3) is 0 Å². The van der Waals surface area contributed by atoms with E-state index in [1.165, 1.54) is 25.7 Å². The summed E-state index contributed by atoms with van der Waals surface area (Å²) in [7, 11) is 0. The van der Waals surface area contributed by atoms with Gasteiger partial charge < -0.3 is 18.9 Å². The van der Waals surface area contributed by atoms with E-state index in [0.717, 1.165) is 52.1 Å². The van der Waals surface area contributed by atoms with Gasteiger partial charge >= 0.3 is 0 Å². The van der Waals surface area contributed by atoms with Crippen LogP contribution in [0.1, 0.15) is 51.4 Å². The molecule has 0 aromatic carbocycles. The molecule has 0 bridgehead atoms. The van der Waals surface area contributed by atoms with Gasteiger partial charge in [0.2, 0.25) is 0 Å². The molecule has 0 aromatic heterocycles. The van der Waals surface area contributed by atoms with Crippen LogP contribution in [0.3, 0.4) is 0 Å². The first-order valence-corrected chi connectivity index (χ1v) is 8.06. The highest BCUT2D eigenvalue weighted by Gasteiger charge is 2.13. The molecule has 4 nitrogen and oxygen atoms in total. The minimum absolute atomic E-state index is 0.0314. The van der Waals surface area contributed by atoms with Crippen molar-refractivity contribution in [2.24, 2.45) is 0 Å². The van der Waals surface area contributed by atoms with Crippen LogP contribution in [0.5, 0.6) is 0 Å². The maximum absolute atomic E-state index is 5.66. The number of ether oxygens (including phenoxy) is 4. The molecule has 2 aliphatic heterocycles. The van der Waals surface area contributed by atoms with Gasteiger partial charge in [0, 0.05) is 13.2 Å². The zero-order valence-electron chi connectivity index (χ0n) is 12.4. The van der Waals surface area contributed by atoms with Crippen molar-refractivity contribution in [2.75, 3.05) is 26.4 Å². The van der Waals surface area contributed by atoms with Crippen molar-refractivity contribution in [3.63, 3.8) is 0 Å². The molecule has 0 amide bonds. The number of hydrogen-bond donors (Lipinski definition) is 0. The van der Waals surface area contributed by atoms with Crippen LogP contribution in [0.4, 0.5) is 0 Å². The van der Waals surface area contributed by atoms with Crippen molar-refractivity contribution in [1.29, 1.82) is 0 Å². The lowest BCUT2D eigenvalue weighted by atomic mass is 10.2. The summed E-state index contributed by atoms with van der Waals surface area (Å²) in [6, 6.07) is 0. The Morgan fingerprint density at radius 2 is 1.25 bits per heavy atom. The summed E-state index contributed by atoms with van der Waals surface area (Å²) in [6.07, 6.45) is 13.1. The summed E-state index contributed by atoms with van der Waals surface area (Å²) in [6.45, 7) is 3.18. The van der Waals surface area contributed by atoms with Crippen LogP contribution in [0.2, 0.25) is 0 Å². The molecule has 0 aromatic rings. The van der Waals surface area contributed by atoms with E-state index < -0.39 is 0 Å². The first-order chi connectivity index (χ1) is 9.95. The van der Waals surface area contributed by atoms with Crippen LogP contribution in [-0.2, 0) is 18.9 Å². The van der Waals surface area contributed by atoms with E-state index in [1.807, 2.05) is 0 Å². The molecule has 0 N–H and O–H groups in total. The third-order valence-corrected chi connectivity index (χ3v) is 3.62. The quantitative estimate of drug-likeness (QED) is 0.505. The van der Waals surface area contributed by atoms with E-state index in [0.29, 0.717) is 0 Å². The Kier molecular flexibility index (Phi) is 8.24. The Labute approximate surface area is 122 Å². The Morgan fingerprint density at radius 1 is 0.750 bits per heavy atom. The van der Waals surface area contributed by atoms with Gasteiger partial charge in [-0.1, -0.05) is 12.2 Å². The SMILES string of the molecule is C(=C\CCOC1CCCCO1)/CCOC1CCCCO1. The lowest BCUT2D eigenvalue weighted by molar-refractivity contribution is -0.162. The Morgan fingerprint density at radius 3 is 1.65 bits per heavy atom. The molecular formula is C16H28O4. The Balaban J connectivity index is 1.39. The maximum atomic E-state index is 5.66. The van der Waals surface area contributed by atoms with E-state index in [-0.39, 0.29) is 12.6 Å². The smallest absolute Gasteiger partial charge is 0.157 e. The Hall–Kier alpha value is -0.420. The van der Waals surface area contributed by atoms with E-state index >= 15 is 0 Å². The molecule has 4 heteroatoms. The summed E-state index contributed by atoms with van der Waals surface area (Å²) in [5, 5.41) is 0. The van der Waals surface area contributed by atoms with Gasteiger partial charge in [-0.3, -0.25) is 0 Å². The molecule has 2 unspecified atom stereocenters. The lowest BCUT2D eigenvalue weighted by Gasteiger charge is -2.22. The second kappa shape index (κ2) is 10.3. The molecule has 2 aliphatic rings. The molecular weight excluding hydrogens is 256 g/mol. The van der Waals surface area contributed by atoms with Crippen molar-refractivity contribution in [1.82, 2.24) is 0 Å². The number of hydrogen-bond acceptors (Lipinski definition) is 4. The van der Waals surface area contributed by atoms with Crippen LogP contribution in [0.15, 0.2) is 12.2 Å². The van der Waals surface area contributed by atoms with E-state index in [1.54, 1.807) is 0 Å². The van der Waals surface area contributed by atoms with Gasteiger partial charge in [-0.25, -0.2) is 0 Å². The van der Waals surface area contributed by atoms with Gasteiger partial charge in [-0.15, -0.1) is 0 Å². The first kappa shape index (κ1) is 16.0. The van der Waals surface area contributed by atoms with Crippen LogP contribution < -0.4 is 0 Å². The van der Waals surface area contributed by atoms with Crippen molar-refractivity contribution >= 4 is 0 Å². The average Bonchev–Trinajstić information content (AvgIpc) is 2.52. The normalized spacial score (nSPS) is 28.0. The van der Waals surface area contributed by atoms with Gasteiger partial charge in [0.1, 0.15) is 0 Å². The van der Waals surface area contributed by atoms with E-state index in [2.05, 4.69) is 12.2 Å². The largest absolute Gasteiger partial charge is 0.353 e. The predicted octanol–water partition coefficient (Wildman–Crippen LogP) is 3.41. The van der Waals surface area contributed by atoms with Crippen molar-refractivity contribution in [3.05, 3.63) is 12.2 Å². The van der Waals surface area contributed by atoms with Crippen molar-refractivity contribution < 1.29 is 18.9 Å². The standard InChI is InChI=1S/C16H28O4/c1(5-11-17-15-9-3-7-13-19-15)2-6-12-18-16-10-4-8-14-20-16/h1-2,15-16H,3-14H2/b2-1+. The van der Waals surface area contributed by atoms with Crippen LogP contribution in [-0.4, -0.2) is 39.0 Å². The van der Waals surface area contributed by atoms with E-state index in [4.69, 9.17) is 18.9 Å². The maximum Gasteiger partial charge on any atom is 0.157 e. The molecule has 2 atom stereocenters. The summed E-state index contributed by atoms with van der Waals surface area (Å²) in [5.74, 6) is 0. The Bertz CT molecular complexity index is 229. The predicted molar refractivity (Wildman–Crippen MR) is 77.5 cm³/mol. The average molecular weight is 284 g/mol. The fourth-order valence-corrected chi connectivity index (χ4v) is 2.46. The summed E-state index contributed by atoms with van der Waals surface area (Å²) >= 11 is 0. The molecule has 116 valence electrons. The van der Waals surface area contributed by atoms with Gasteiger partial charge in [-0.05, 0) is 51.4 Å². The molecule has 2 fully saturated rings. The van der Waals surface area contributed by atoms with Crippen LogP contribution in [0.25, 0.3) is 0 Å². The molecule has 20 heavy (non-hydrogen) atoms. The van der Waals surface area contributed by atoms with Crippen LogP contribution >= 0.6 is 0 Å². The second-order valence-corrected chi connectivity index (χ2v) is 5.38. The van der Waals surface area contributed by atoms with Crippen molar-refractivity contribution in [3.8, 4) is 0 Å². The van der Waals surface area contributed by atoms with Gasteiger partial charge in [0.05, 0.1) is 13.2 Å². The minimum Gasteiger partial charge on any atom is -0.353 e. The van der Waals surface area contributed by atoms with Crippen LogP contribution in [0, 0.1) is 0 Å². The second-order valence-electron chi connectivity index (χ2n) is 5.38. The van der Waals surface area contributed by atoms with E-state index in [9.17, 15) is 0 Å². The third-order valence-electron chi connectivity index (χ3n) is 3.62. The molecule has 2 heterocycles. The highest BCUT2D eigenvalue weighted by atomic mass is 16.7. The molecule has 2 saturated heterocycles. The topological polar surface area (TPSA) is 36.9 Å². The molecule has 0 saturated carbocycles. The molecule has 0 spiro atoms. The molecule has 0 aliphatic carbocycles. The monoisotopic (exact) mass is 284 g/mol. The zero-order valence-corrected chi connectivity index (χ0v) is 12.4. The summed E-state index contributed by atoms with van der Waals surface area (Å²) < 4.78 is 22.3. The van der Waals surface area contributed by atoms with Crippen molar-refractivity contribution in [2.45, 2.75) is 63.9 Å². The lowest BCUT2D eigenvalue weighted by Crippen LogP contribution is -2.22. The highest BCUT2D eigenvalue weighted by molar-refractivity contribution is 4.81. The first-order valence-electron chi connectivity index (χ1n) is 8.06. The summed E-state index contributed by atoms with van der Waals surface area (Å²) in [5.41, 5.74) is 0. The third kappa shape index (κ3) is 6.84. The zero-order chi connectivity index (χ0) is 13.9. The fourth-order valence-electron chi connectivity index (χ4n) is 2.46.